The summed E-state index contributed by atoms with van der Waals surface area (Å²) in [6.45, 7) is 0. The number of ether oxygens (including phenoxy) is 1. The van der Waals surface area contributed by atoms with E-state index < -0.39 is 0 Å². The lowest BCUT2D eigenvalue weighted by Crippen LogP contribution is -2.47. The average molecular weight is 334 g/mol. The van der Waals surface area contributed by atoms with Crippen molar-refractivity contribution in [2.45, 2.75) is 38.1 Å². The first-order chi connectivity index (χ1) is 12.3. The Morgan fingerprint density at radius 2 is 1.68 bits per heavy atom. The fourth-order valence-electron chi connectivity index (χ4n) is 3.61. The molecular weight excluding hydrogens is 310 g/mol. The van der Waals surface area contributed by atoms with Gasteiger partial charge in [0, 0.05) is 5.56 Å². The number of aromatic nitrogens is 3. The lowest BCUT2D eigenvalue weighted by Gasteiger charge is -2.19. The van der Waals surface area contributed by atoms with E-state index in [0.29, 0.717) is 6.04 Å². The summed E-state index contributed by atoms with van der Waals surface area (Å²) in [4.78, 5) is 2.07. The number of benzene rings is 2. The Labute approximate surface area is 148 Å². The molecule has 25 heavy (non-hydrogen) atoms. The number of hydrogen-bond donors (Lipinski definition) is 0. The Kier molecular flexibility index (Phi) is 4.51. The molecule has 128 valence electrons. The minimum atomic E-state index is 0.522. The van der Waals surface area contributed by atoms with Gasteiger partial charge in [0.1, 0.15) is 17.5 Å². The highest BCUT2D eigenvalue weighted by Gasteiger charge is 2.27. The van der Waals surface area contributed by atoms with Gasteiger partial charge in [-0.15, -0.1) is 0 Å². The monoisotopic (exact) mass is 334 g/mol. The van der Waals surface area contributed by atoms with Gasteiger partial charge in [0.25, 0.3) is 0 Å². The van der Waals surface area contributed by atoms with E-state index in [2.05, 4.69) is 52.1 Å². The van der Waals surface area contributed by atoms with Crippen molar-refractivity contribution >= 4 is 0 Å². The van der Waals surface area contributed by atoms with Crippen molar-refractivity contribution in [3.05, 3.63) is 60.8 Å². The Bertz CT molecular complexity index is 818. The van der Waals surface area contributed by atoms with Crippen LogP contribution in [0.1, 0.15) is 38.1 Å². The molecule has 0 amide bonds. The molecule has 0 unspecified atom stereocenters. The summed E-state index contributed by atoms with van der Waals surface area (Å²) < 4.78 is 7.60. The molecule has 0 aliphatic heterocycles. The standard InChI is InChI=1S/C21H24N3O/c1-25-20-14-12-17(13-15-20)21-16-23(18-8-4-2-5-9-18)24(22-21)19-10-6-3-7-11-19/h3,6-7,10-16,18H,2,4-5,8-9H2,1H3/q+1. The highest BCUT2D eigenvalue weighted by atomic mass is 16.5. The molecular formula is C21H24N3O+. The highest BCUT2D eigenvalue weighted by Crippen LogP contribution is 2.26. The maximum Gasteiger partial charge on any atom is 0.249 e. The summed E-state index contributed by atoms with van der Waals surface area (Å²) in [5.41, 5.74) is 3.21. The van der Waals surface area contributed by atoms with Crippen LogP contribution in [0.25, 0.3) is 16.9 Å². The van der Waals surface area contributed by atoms with Crippen molar-refractivity contribution in [1.82, 2.24) is 9.90 Å². The average Bonchev–Trinajstić information content (AvgIpc) is 3.15. The molecule has 4 rings (SSSR count). The minimum absolute atomic E-state index is 0.522. The predicted molar refractivity (Wildman–Crippen MR) is 97.9 cm³/mol. The summed E-state index contributed by atoms with van der Waals surface area (Å²) in [5, 5.41) is 4.92. The maximum absolute atomic E-state index is 5.27. The zero-order valence-corrected chi connectivity index (χ0v) is 14.6. The van der Waals surface area contributed by atoms with E-state index in [4.69, 9.17) is 9.84 Å². The second-order valence-corrected chi connectivity index (χ2v) is 6.64. The minimum Gasteiger partial charge on any atom is -0.497 e. The quantitative estimate of drug-likeness (QED) is 0.665. The first-order valence-electron chi connectivity index (χ1n) is 9.06. The van der Waals surface area contributed by atoms with Crippen LogP contribution in [0.4, 0.5) is 0 Å². The van der Waals surface area contributed by atoms with E-state index in [9.17, 15) is 0 Å². The van der Waals surface area contributed by atoms with Gasteiger partial charge >= 0.3 is 0 Å². The van der Waals surface area contributed by atoms with E-state index in [1.54, 1.807) is 7.11 Å². The van der Waals surface area contributed by atoms with Crippen molar-refractivity contribution in [2.24, 2.45) is 0 Å². The first-order valence-corrected chi connectivity index (χ1v) is 9.06. The van der Waals surface area contributed by atoms with Crippen LogP contribution in [0.2, 0.25) is 0 Å². The molecule has 1 aromatic heterocycles. The Balaban J connectivity index is 1.76. The van der Waals surface area contributed by atoms with Crippen molar-refractivity contribution < 1.29 is 9.42 Å². The van der Waals surface area contributed by atoms with Crippen LogP contribution in [0, 0.1) is 0 Å². The lowest BCUT2D eigenvalue weighted by atomic mass is 9.96. The van der Waals surface area contributed by atoms with Gasteiger partial charge in [-0.05, 0) is 66.9 Å². The summed E-state index contributed by atoms with van der Waals surface area (Å²) in [7, 11) is 1.69. The third-order valence-corrected chi connectivity index (χ3v) is 5.00. The van der Waals surface area contributed by atoms with Gasteiger partial charge < -0.3 is 4.74 Å². The molecule has 1 fully saturated rings. The van der Waals surface area contributed by atoms with Crippen LogP contribution < -0.4 is 9.42 Å². The normalized spacial score (nSPS) is 15.2. The Morgan fingerprint density at radius 1 is 0.960 bits per heavy atom. The Morgan fingerprint density at radius 3 is 2.36 bits per heavy atom. The topological polar surface area (TPSA) is 30.9 Å². The third kappa shape index (κ3) is 3.29. The van der Waals surface area contributed by atoms with Crippen molar-refractivity contribution in [3.8, 4) is 22.7 Å². The summed E-state index contributed by atoms with van der Waals surface area (Å²) >= 11 is 0. The summed E-state index contributed by atoms with van der Waals surface area (Å²) in [6.07, 6.45) is 8.61. The second-order valence-electron chi connectivity index (χ2n) is 6.64. The zero-order chi connectivity index (χ0) is 17.1. The third-order valence-electron chi connectivity index (χ3n) is 5.00. The van der Waals surface area contributed by atoms with Gasteiger partial charge in [0.05, 0.1) is 12.2 Å². The SMILES string of the molecule is COc1ccc(-c2c[n+](C3CCCCC3)n(-c3ccccc3)n2)cc1. The summed E-state index contributed by atoms with van der Waals surface area (Å²) in [6, 6.07) is 19.0. The van der Waals surface area contributed by atoms with Crippen LogP contribution in [-0.4, -0.2) is 17.0 Å². The zero-order valence-electron chi connectivity index (χ0n) is 14.6. The lowest BCUT2D eigenvalue weighted by molar-refractivity contribution is -0.795. The molecule has 0 spiro atoms. The molecule has 0 bridgehead atoms. The van der Waals surface area contributed by atoms with Gasteiger partial charge in [-0.1, -0.05) is 24.6 Å². The number of nitrogens with zero attached hydrogens (tertiary/aromatic N) is 3. The molecule has 0 radical (unpaired) electrons. The van der Waals surface area contributed by atoms with Gasteiger partial charge in [-0.25, -0.2) is 0 Å². The highest BCUT2D eigenvalue weighted by molar-refractivity contribution is 5.58. The number of hydrogen-bond acceptors (Lipinski definition) is 2. The molecule has 4 heteroatoms. The number of methoxy groups -OCH3 is 1. The van der Waals surface area contributed by atoms with Gasteiger partial charge in [0.2, 0.25) is 5.69 Å². The van der Waals surface area contributed by atoms with Crippen LogP contribution >= 0.6 is 0 Å². The molecule has 1 aliphatic carbocycles. The fraction of sp³-hybridized carbons (Fsp3) is 0.333. The number of para-hydroxylation sites is 1. The fourth-order valence-corrected chi connectivity index (χ4v) is 3.61. The summed E-state index contributed by atoms with van der Waals surface area (Å²) in [5.74, 6) is 0.867. The predicted octanol–water partition coefficient (Wildman–Crippen LogP) is 4.34. The van der Waals surface area contributed by atoms with E-state index in [0.717, 1.165) is 22.7 Å². The molecule has 1 saturated carbocycles. The molecule has 0 atom stereocenters. The molecule has 1 heterocycles. The number of rotatable bonds is 4. The van der Waals surface area contributed by atoms with Crippen molar-refractivity contribution in [1.29, 1.82) is 0 Å². The largest absolute Gasteiger partial charge is 0.497 e. The van der Waals surface area contributed by atoms with Crippen LogP contribution in [0.15, 0.2) is 60.8 Å². The molecule has 2 aromatic carbocycles. The van der Waals surface area contributed by atoms with Crippen LogP contribution in [0.5, 0.6) is 5.75 Å². The van der Waals surface area contributed by atoms with Gasteiger partial charge in [-0.2, -0.15) is 4.68 Å². The van der Waals surface area contributed by atoms with Gasteiger partial charge in [-0.3, -0.25) is 0 Å². The van der Waals surface area contributed by atoms with E-state index in [-0.39, 0.29) is 0 Å². The first kappa shape index (κ1) is 15.9. The Hall–Kier alpha value is -2.62. The van der Waals surface area contributed by atoms with Crippen LogP contribution in [0.3, 0.4) is 0 Å². The molecule has 1 aliphatic rings. The smallest absolute Gasteiger partial charge is 0.249 e. The molecule has 0 saturated heterocycles. The maximum atomic E-state index is 5.27. The van der Waals surface area contributed by atoms with Crippen molar-refractivity contribution in [2.75, 3.05) is 7.11 Å². The molecule has 3 aromatic rings. The van der Waals surface area contributed by atoms with Crippen LogP contribution in [-0.2, 0) is 0 Å². The van der Waals surface area contributed by atoms with Crippen molar-refractivity contribution in [3.63, 3.8) is 0 Å². The van der Waals surface area contributed by atoms with E-state index in [1.807, 2.05) is 18.2 Å². The van der Waals surface area contributed by atoms with E-state index in [1.165, 1.54) is 32.1 Å². The second kappa shape index (κ2) is 7.09. The molecule has 4 nitrogen and oxygen atoms in total. The molecule has 0 N–H and O–H groups in total. The van der Waals surface area contributed by atoms with Gasteiger partial charge in [0.15, 0.2) is 6.20 Å². The van der Waals surface area contributed by atoms with E-state index >= 15 is 0 Å².